The molecule has 0 radical (unpaired) electrons. The summed E-state index contributed by atoms with van der Waals surface area (Å²) < 4.78 is 0. The predicted octanol–water partition coefficient (Wildman–Crippen LogP) is 17.3. The van der Waals surface area contributed by atoms with Crippen LogP contribution in [0, 0.1) is 0 Å². The van der Waals surface area contributed by atoms with Gasteiger partial charge in [0.15, 0.2) is 0 Å². The first-order chi connectivity index (χ1) is 32.4. The molecule has 3 aliphatic carbocycles. The molecule has 0 heterocycles. The maximum Gasteiger partial charge on any atom is 0.0725 e. The topological polar surface area (TPSA) is 3.24 Å². The molecular weight excluding hydrogens is 795 g/mol. The van der Waals surface area contributed by atoms with E-state index in [1.54, 1.807) is 0 Å². The van der Waals surface area contributed by atoms with E-state index >= 15 is 0 Å². The molecule has 0 saturated carbocycles. The van der Waals surface area contributed by atoms with Crippen LogP contribution in [0.5, 0.6) is 0 Å². The van der Waals surface area contributed by atoms with E-state index in [1.165, 1.54) is 100 Å². The fraction of sp³-hybridized carbons (Fsp3) is 0.0769. The highest BCUT2D eigenvalue weighted by Gasteiger charge is 2.52. The maximum atomic E-state index is 4.47. The zero-order chi connectivity index (χ0) is 44.6. The van der Waals surface area contributed by atoms with Gasteiger partial charge in [-0.25, -0.2) is 0 Å². The summed E-state index contributed by atoms with van der Waals surface area (Å²) in [4.78, 5) is 2.47. The van der Waals surface area contributed by atoms with E-state index in [2.05, 4.69) is 263 Å². The number of benzene rings is 9. The van der Waals surface area contributed by atoms with Crippen LogP contribution < -0.4 is 4.90 Å². The van der Waals surface area contributed by atoms with Gasteiger partial charge in [0.1, 0.15) is 0 Å². The van der Waals surface area contributed by atoms with Crippen LogP contribution in [0.3, 0.4) is 0 Å². The van der Waals surface area contributed by atoms with E-state index in [0.717, 1.165) is 17.1 Å². The Hall–Kier alpha value is -8.00. The lowest BCUT2D eigenvalue weighted by atomic mass is 9.69. The molecule has 0 fully saturated rings. The minimum absolute atomic E-state index is 0.147. The van der Waals surface area contributed by atoms with Gasteiger partial charge in [0.2, 0.25) is 0 Å². The Kier molecular flexibility index (Phi) is 9.19. The minimum atomic E-state index is -0.466. The van der Waals surface area contributed by atoms with Gasteiger partial charge in [-0.15, -0.1) is 0 Å². The summed E-state index contributed by atoms with van der Waals surface area (Å²) >= 11 is 0. The zero-order valence-corrected chi connectivity index (χ0v) is 37.6. The van der Waals surface area contributed by atoms with Crippen molar-refractivity contribution in [3.63, 3.8) is 0 Å². The summed E-state index contributed by atoms with van der Waals surface area (Å²) in [6, 6.07) is 78.7. The molecule has 0 N–H and O–H groups in total. The van der Waals surface area contributed by atoms with Crippen molar-refractivity contribution >= 4 is 22.6 Å². The molecule has 9 aromatic carbocycles. The Morgan fingerprint density at radius 2 is 0.955 bits per heavy atom. The van der Waals surface area contributed by atoms with Crippen LogP contribution in [0.15, 0.2) is 243 Å². The summed E-state index contributed by atoms with van der Waals surface area (Å²) in [5.41, 5.74) is 25.5. The first-order valence-corrected chi connectivity index (χ1v) is 23.2. The number of allylic oxidation sites excluding steroid dienone is 5. The average Bonchev–Trinajstić information content (AvgIpc) is 3.92. The van der Waals surface area contributed by atoms with E-state index in [9.17, 15) is 0 Å². The number of fused-ring (bicyclic) bond motifs is 10. The highest BCUT2D eigenvalue weighted by Crippen LogP contribution is 2.63. The molecule has 1 atom stereocenters. The lowest BCUT2D eigenvalue weighted by molar-refractivity contribution is 0.660. The first-order valence-electron chi connectivity index (χ1n) is 23.2. The van der Waals surface area contributed by atoms with E-state index in [0.29, 0.717) is 0 Å². The third kappa shape index (κ3) is 5.73. The lowest BCUT2D eigenvalue weighted by Gasteiger charge is -2.31. The molecule has 314 valence electrons. The van der Waals surface area contributed by atoms with Gasteiger partial charge in [0, 0.05) is 22.4 Å². The molecule has 0 saturated heterocycles. The van der Waals surface area contributed by atoms with E-state index in [4.69, 9.17) is 0 Å². The van der Waals surface area contributed by atoms with Crippen molar-refractivity contribution in [2.45, 2.75) is 31.6 Å². The van der Waals surface area contributed by atoms with Crippen LogP contribution >= 0.6 is 0 Å². The first kappa shape index (κ1) is 39.6. The molecular formula is C65H49N. The Balaban J connectivity index is 1.05. The van der Waals surface area contributed by atoms with Gasteiger partial charge >= 0.3 is 0 Å². The van der Waals surface area contributed by atoms with Gasteiger partial charge in [-0.3, -0.25) is 0 Å². The number of rotatable bonds is 8. The highest BCUT2D eigenvalue weighted by atomic mass is 15.1. The average molecular weight is 844 g/mol. The fourth-order valence-electron chi connectivity index (χ4n) is 11.7. The lowest BCUT2D eigenvalue weighted by Crippen LogP contribution is -2.26. The molecule has 12 rings (SSSR count). The minimum Gasteiger partial charge on any atom is -0.310 e. The second-order valence-electron chi connectivity index (χ2n) is 18.3. The number of nitrogens with zero attached hydrogens (tertiary/aromatic N) is 1. The van der Waals surface area contributed by atoms with Crippen LogP contribution in [0.4, 0.5) is 17.1 Å². The number of hydrogen-bond acceptors (Lipinski definition) is 1. The summed E-state index contributed by atoms with van der Waals surface area (Å²) in [5.74, 6) is 0. The SMILES string of the molecule is C=CC1=C(/C=C\C)c2ccccc2C12c1ccccc1-c1c(-c3ccc(N(c4ccc5c(c4)C(C)(C)c4ccccc4-5)c4ccc(-c5ccccc5)cc4-c4ccccc4)cc3)cccc12. The third-order valence-electron chi connectivity index (χ3n) is 14.6. The second kappa shape index (κ2) is 15.3. The van der Waals surface area contributed by atoms with E-state index in [-0.39, 0.29) is 5.41 Å². The Morgan fingerprint density at radius 3 is 1.67 bits per heavy atom. The fourth-order valence-corrected chi connectivity index (χ4v) is 11.7. The molecule has 0 amide bonds. The van der Waals surface area contributed by atoms with Crippen molar-refractivity contribution in [3.05, 3.63) is 276 Å². The molecule has 66 heavy (non-hydrogen) atoms. The maximum absolute atomic E-state index is 4.47. The van der Waals surface area contributed by atoms with Crippen molar-refractivity contribution in [2.75, 3.05) is 4.90 Å². The van der Waals surface area contributed by atoms with Crippen LogP contribution in [-0.4, -0.2) is 0 Å². The van der Waals surface area contributed by atoms with Crippen molar-refractivity contribution in [1.29, 1.82) is 0 Å². The van der Waals surface area contributed by atoms with Gasteiger partial charge in [-0.2, -0.15) is 0 Å². The molecule has 1 spiro atoms. The summed E-state index contributed by atoms with van der Waals surface area (Å²) in [6.45, 7) is 11.3. The largest absolute Gasteiger partial charge is 0.310 e. The molecule has 1 heteroatoms. The second-order valence-corrected chi connectivity index (χ2v) is 18.3. The summed E-state index contributed by atoms with van der Waals surface area (Å²) in [7, 11) is 0. The van der Waals surface area contributed by atoms with Crippen molar-refractivity contribution < 1.29 is 0 Å². The van der Waals surface area contributed by atoms with Crippen molar-refractivity contribution in [1.82, 2.24) is 0 Å². The summed E-state index contributed by atoms with van der Waals surface area (Å²) in [5, 5.41) is 0. The molecule has 3 aliphatic rings. The Morgan fingerprint density at radius 1 is 0.409 bits per heavy atom. The van der Waals surface area contributed by atoms with Gasteiger partial charge in [0.05, 0.1) is 11.1 Å². The molecule has 1 unspecified atom stereocenters. The van der Waals surface area contributed by atoms with Gasteiger partial charge in [-0.1, -0.05) is 215 Å². The van der Waals surface area contributed by atoms with Gasteiger partial charge in [0.25, 0.3) is 0 Å². The van der Waals surface area contributed by atoms with Crippen LogP contribution in [0.2, 0.25) is 0 Å². The molecule has 0 aromatic heterocycles. The molecule has 1 nitrogen and oxygen atoms in total. The quantitative estimate of drug-likeness (QED) is 0.147. The highest BCUT2D eigenvalue weighted by molar-refractivity contribution is 6.02. The van der Waals surface area contributed by atoms with Gasteiger partial charge < -0.3 is 4.90 Å². The molecule has 0 bridgehead atoms. The van der Waals surface area contributed by atoms with Crippen molar-refractivity contribution in [2.24, 2.45) is 0 Å². The number of hydrogen-bond donors (Lipinski definition) is 0. The standard InChI is InChI=1S/C65H49N/c1-5-20-50-52-26-14-17-30-58(52)65(56(50)6-2)59-31-18-15-27-54(59)63-49(28-19-32-60(63)65)45-33-36-47(37-34-45)66(48-38-39-53-51-25-13-16-29-57(51)64(3,4)61(53)42-48)62-40-35-46(43-21-9-7-10-22-43)41-55(62)44-23-11-8-12-24-44/h5-42H,2H2,1,3-4H3/b20-5-. The number of anilines is 3. The van der Waals surface area contributed by atoms with E-state index < -0.39 is 5.41 Å². The van der Waals surface area contributed by atoms with E-state index in [1.807, 2.05) is 0 Å². The predicted molar refractivity (Wildman–Crippen MR) is 279 cm³/mol. The van der Waals surface area contributed by atoms with Crippen LogP contribution in [-0.2, 0) is 10.8 Å². The van der Waals surface area contributed by atoms with Gasteiger partial charge in [-0.05, 0) is 138 Å². The smallest absolute Gasteiger partial charge is 0.0725 e. The Bertz CT molecular complexity index is 3460. The van der Waals surface area contributed by atoms with Crippen LogP contribution in [0.25, 0.3) is 61.2 Å². The Labute approximate surface area is 389 Å². The van der Waals surface area contributed by atoms with Crippen LogP contribution in [0.1, 0.15) is 54.2 Å². The normalized spacial score (nSPS) is 15.9. The zero-order valence-electron chi connectivity index (χ0n) is 37.6. The van der Waals surface area contributed by atoms with Crippen molar-refractivity contribution in [3.8, 4) is 55.6 Å². The monoisotopic (exact) mass is 843 g/mol. The molecule has 9 aromatic rings. The summed E-state index contributed by atoms with van der Waals surface area (Å²) in [6.07, 6.45) is 6.52. The molecule has 0 aliphatic heterocycles. The third-order valence-corrected chi connectivity index (χ3v) is 14.6.